The highest BCUT2D eigenvalue weighted by molar-refractivity contribution is 5.53. The van der Waals surface area contributed by atoms with Crippen LogP contribution < -0.4 is 5.32 Å². The summed E-state index contributed by atoms with van der Waals surface area (Å²) in [6, 6.07) is 15.5. The van der Waals surface area contributed by atoms with Crippen molar-refractivity contribution in [1.82, 2.24) is 0 Å². The first kappa shape index (κ1) is 14.1. The first-order valence-electron chi connectivity index (χ1n) is 6.69. The SMILES string of the molecule is Cc1cc(NCCCc2ccccc2)ccc1[N+](=O)[O-]. The van der Waals surface area contributed by atoms with E-state index in [2.05, 4.69) is 17.4 Å². The Hall–Kier alpha value is -2.36. The van der Waals surface area contributed by atoms with Crippen molar-refractivity contribution < 1.29 is 4.92 Å². The van der Waals surface area contributed by atoms with Gasteiger partial charge in [-0.2, -0.15) is 0 Å². The molecule has 20 heavy (non-hydrogen) atoms. The van der Waals surface area contributed by atoms with Gasteiger partial charge in [-0.3, -0.25) is 10.1 Å². The van der Waals surface area contributed by atoms with Crippen LogP contribution in [0.25, 0.3) is 0 Å². The molecule has 0 amide bonds. The predicted molar refractivity (Wildman–Crippen MR) is 81.1 cm³/mol. The van der Waals surface area contributed by atoms with Crippen LogP contribution in [0.1, 0.15) is 17.5 Å². The molecule has 0 spiro atoms. The second-order valence-electron chi connectivity index (χ2n) is 4.77. The van der Waals surface area contributed by atoms with E-state index in [9.17, 15) is 10.1 Å². The Morgan fingerprint density at radius 3 is 2.55 bits per heavy atom. The summed E-state index contributed by atoms with van der Waals surface area (Å²) in [5.41, 5.74) is 3.11. The molecule has 0 saturated heterocycles. The first-order chi connectivity index (χ1) is 9.66. The lowest BCUT2D eigenvalue weighted by molar-refractivity contribution is -0.385. The van der Waals surface area contributed by atoms with E-state index in [4.69, 9.17) is 0 Å². The molecule has 0 bridgehead atoms. The van der Waals surface area contributed by atoms with Gasteiger partial charge in [0.15, 0.2) is 0 Å². The summed E-state index contributed by atoms with van der Waals surface area (Å²) in [5.74, 6) is 0. The molecule has 0 aliphatic carbocycles. The minimum Gasteiger partial charge on any atom is -0.385 e. The van der Waals surface area contributed by atoms with E-state index >= 15 is 0 Å². The molecule has 0 heterocycles. The van der Waals surface area contributed by atoms with Crippen LogP contribution >= 0.6 is 0 Å². The average molecular weight is 270 g/mol. The van der Waals surface area contributed by atoms with E-state index in [1.807, 2.05) is 24.3 Å². The number of aryl methyl sites for hydroxylation is 2. The van der Waals surface area contributed by atoms with Gasteiger partial charge in [-0.25, -0.2) is 0 Å². The number of nitro benzene ring substituents is 1. The van der Waals surface area contributed by atoms with Crippen molar-refractivity contribution in [3.8, 4) is 0 Å². The number of hydrogen-bond donors (Lipinski definition) is 1. The van der Waals surface area contributed by atoms with E-state index in [1.54, 1.807) is 19.1 Å². The Bertz CT molecular complexity index is 582. The van der Waals surface area contributed by atoms with Gasteiger partial charge in [0.1, 0.15) is 0 Å². The molecule has 0 saturated carbocycles. The number of anilines is 1. The van der Waals surface area contributed by atoms with Gasteiger partial charge in [-0.15, -0.1) is 0 Å². The molecular formula is C16H18N2O2. The third kappa shape index (κ3) is 3.82. The maximum Gasteiger partial charge on any atom is 0.272 e. The fourth-order valence-corrected chi connectivity index (χ4v) is 2.14. The number of rotatable bonds is 6. The van der Waals surface area contributed by atoms with Gasteiger partial charge in [0.2, 0.25) is 0 Å². The number of nitrogens with zero attached hydrogens (tertiary/aromatic N) is 1. The zero-order valence-corrected chi connectivity index (χ0v) is 11.5. The van der Waals surface area contributed by atoms with Crippen LogP contribution in [0.15, 0.2) is 48.5 Å². The number of nitro groups is 1. The highest BCUT2D eigenvalue weighted by Gasteiger charge is 2.09. The Morgan fingerprint density at radius 2 is 1.90 bits per heavy atom. The van der Waals surface area contributed by atoms with Gasteiger partial charge in [0, 0.05) is 23.9 Å². The molecule has 0 unspecified atom stereocenters. The molecule has 0 aromatic heterocycles. The lowest BCUT2D eigenvalue weighted by Gasteiger charge is -2.07. The fourth-order valence-electron chi connectivity index (χ4n) is 2.14. The van der Waals surface area contributed by atoms with Gasteiger partial charge < -0.3 is 5.32 Å². The Kier molecular flexibility index (Phi) is 4.71. The Balaban J connectivity index is 1.83. The minimum atomic E-state index is -0.353. The molecule has 0 aliphatic rings. The second kappa shape index (κ2) is 6.70. The maximum absolute atomic E-state index is 10.7. The topological polar surface area (TPSA) is 55.2 Å². The van der Waals surface area contributed by atoms with Gasteiger partial charge in [0.05, 0.1) is 4.92 Å². The highest BCUT2D eigenvalue weighted by atomic mass is 16.6. The molecule has 2 rings (SSSR count). The molecule has 104 valence electrons. The van der Waals surface area contributed by atoms with Crippen LogP contribution in [0.4, 0.5) is 11.4 Å². The summed E-state index contributed by atoms with van der Waals surface area (Å²) < 4.78 is 0. The Morgan fingerprint density at radius 1 is 1.15 bits per heavy atom. The maximum atomic E-state index is 10.7. The van der Waals surface area contributed by atoms with Crippen LogP contribution in [-0.2, 0) is 6.42 Å². The summed E-state index contributed by atoms with van der Waals surface area (Å²) in [6.07, 6.45) is 2.06. The van der Waals surface area contributed by atoms with Crippen LogP contribution in [0.2, 0.25) is 0 Å². The second-order valence-corrected chi connectivity index (χ2v) is 4.77. The minimum absolute atomic E-state index is 0.167. The quantitative estimate of drug-likeness (QED) is 0.491. The number of hydrogen-bond acceptors (Lipinski definition) is 3. The fraction of sp³-hybridized carbons (Fsp3) is 0.250. The van der Waals surface area contributed by atoms with Crippen molar-refractivity contribution >= 4 is 11.4 Å². The van der Waals surface area contributed by atoms with Crippen molar-refractivity contribution in [2.75, 3.05) is 11.9 Å². The number of nitrogens with one attached hydrogen (secondary N) is 1. The van der Waals surface area contributed by atoms with Crippen molar-refractivity contribution in [2.45, 2.75) is 19.8 Å². The Labute approximate surface area is 118 Å². The molecular weight excluding hydrogens is 252 g/mol. The lowest BCUT2D eigenvalue weighted by Crippen LogP contribution is -2.03. The third-order valence-corrected chi connectivity index (χ3v) is 3.21. The standard InChI is InChI=1S/C16H18N2O2/c1-13-12-15(9-10-16(13)18(19)20)17-11-5-8-14-6-3-2-4-7-14/h2-4,6-7,9-10,12,17H,5,8,11H2,1H3. The summed E-state index contributed by atoms with van der Waals surface area (Å²) >= 11 is 0. The van der Waals surface area contributed by atoms with Gasteiger partial charge in [-0.05, 0) is 37.5 Å². The zero-order valence-electron chi connectivity index (χ0n) is 11.5. The summed E-state index contributed by atoms with van der Waals surface area (Å²) in [6.45, 7) is 2.61. The lowest BCUT2D eigenvalue weighted by atomic mass is 10.1. The molecule has 0 fully saturated rings. The molecule has 1 N–H and O–H groups in total. The molecule has 0 atom stereocenters. The summed E-state index contributed by atoms with van der Waals surface area (Å²) in [4.78, 5) is 10.4. The van der Waals surface area contributed by atoms with Crippen molar-refractivity contribution in [1.29, 1.82) is 0 Å². The van der Waals surface area contributed by atoms with Crippen molar-refractivity contribution in [3.05, 3.63) is 69.8 Å². The van der Waals surface area contributed by atoms with Gasteiger partial charge in [-0.1, -0.05) is 30.3 Å². The van der Waals surface area contributed by atoms with Crippen LogP contribution in [0, 0.1) is 17.0 Å². The van der Waals surface area contributed by atoms with E-state index < -0.39 is 0 Å². The third-order valence-electron chi connectivity index (χ3n) is 3.21. The molecule has 0 aliphatic heterocycles. The normalized spacial score (nSPS) is 10.2. The average Bonchev–Trinajstić information content (AvgIpc) is 2.44. The summed E-state index contributed by atoms with van der Waals surface area (Å²) in [5, 5.41) is 14.0. The van der Waals surface area contributed by atoms with Crippen LogP contribution in [0.5, 0.6) is 0 Å². The van der Waals surface area contributed by atoms with Gasteiger partial charge >= 0.3 is 0 Å². The first-order valence-corrected chi connectivity index (χ1v) is 6.69. The smallest absolute Gasteiger partial charge is 0.272 e. The van der Waals surface area contributed by atoms with E-state index in [0.717, 1.165) is 25.1 Å². The largest absolute Gasteiger partial charge is 0.385 e. The molecule has 4 heteroatoms. The van der Waals surface area contributed by atoms with Crippen LogP contribution in [-0.4, -0.2) is 11.5 Å². The highest BCUT2D eigenvalue weighted by Crippen LogP contribution is 2.21. The van der Waals surface area contributed by atoms with Crippen molar-refractivity contribution in [3.63, 3.8) is 0 Å². The van der Waals surface area contributed by atoms with E-state index in [-0.39, 0.29) is 10.6 Å². The predicted octanol–water partition coefficient (Wildman–Crippen LogP) is 3.95. The molecule has 2 aromatic rings. The van der Waals surface area contributed by atoms with Crippen molar-refractivity contribution in [2.24, 2.45) is 0 Å². The van der Waals surface area contributed by atoms with E-state index in [0.29, 0.717) is 5.56 Å². The molecule has 0 radical (unpaired) electrons. The zero-order chi connectivity index (χ0) is 14.4. The van der Waals surface area contributed by atoms with Gasteiger partial charge in [0.25, 0.3) is 5.69 Å². The molecule has 4 nitrogen and oxygen atoms in total. The molecule has 2 aromatic carbocycles. The van der Waals surface area contributed by atoms with Crippen LogP contribution in [0.3, 0.4) is 0 Å². The number of benzene rings is 2. The monoisotopic (exact) mass is 270 g/mol. The van der Waals surface area contributed by atoms with E-state index in [1.165, 1.54) is 5.56 Å². The summed E-state index contributed by atoms with van der Waals surface area (Å²) in [7, 11) is 0.